The molecule has 0 aliphatic rings. The second kappa shape index (κ2) is 5.77. The largest absolute Gasteiger partial charge is 0.316 e. The lowest BCUT2D eigenvalue weighted by Crippen LogP contribution is -2.27. The van der Waals surface area contributed by atoms with Crippen LogP contribution in [-0.4, -0.2) is 33.4 Å². The molecule has 1 N–H and O–H groups in total. The first-order valence-electron chi connectivity index (χ1n) is 5.74. The summed E-state index contributed by atoms with van der Waals surface area (Å²) in [5.74, 6) is -0.359. The van der Waals surface area contributed by atoms with E-state index in [1.165, 1.54) is 23.5 Å². The lowest BCUT2D eigenvalue weighted by atomic mass is 10.1. The first kappa shape index (κ1) is 15.1. The van der Waals surface area contributed by atoms with E-state index in [1.807, 2.05) is 0 Å². The minimum atomic E-state index is -3.53. The van der Waals surface area contributed by atoms with Crippen LogP contribution in [0.4, 0.5) is 4.39 Å². The van der Waals surface area contributed by atoms with Crippen molar-refractivity contribution >= 4 is 10.0 Å². The molecule has 0 fully saturated rings. The maximum absolute atomic E-state index is 13.8. The number of sulfonamides is 1. The molecule has 0 atom stereocenters. The average Bonchev–Trinajstić information content (AvgIpc) is 2.33. The Kier molecular flexibility index (Phi) is 4.84. The third-order valence-electron chi connectivity index (χ3n) is 2.82. The molecule has 6 heteroatoms. The van der Waals surface area contributed by atoms with Gasteiger partial charge in [-0.25, -0.2) is 17.1 Å². The van der Waals surface area contributed by atoms with Crippen LogP contribution in [0.25, 0.3) is 0 Å². The zero-order chi connectivity index (χ0) is 13.9. The van der Waals surface area contributed by atoms with Gasteiger partial charge in [-0.1, -0.05) is 6.92 Å². The van der Waals surface area contributed by atoms with Gasteiger partial charge in [0.2, 0.25) is 10.0 Å². The summed E-state index contributed by atoms with van der Waals surface area (Å²) in [4.78, 5) is 0.135. The van der Waals surface area contributed by atoms with Crippen molar-refractivity contribution in [1.29, 1.82) is 0 Å². The zero-order valence-corrected chi connectivity index (χ0v) is 11.9. The monoisotopic (exact) mass is 274 g/mol. The van der Waals surface area contributed by atoms with Gasteiger partial charge in [-0.05, 0) is 31.7 Å². The van der Waals surface area contributed by atoms with Crippen molar-refractivity contribution in [3.63, 3.8) is 0 Å². The summed E-state index contributed by atoms with van der Waals surface area (Å²) < 4.78 is 39.4. The minimum Gasteiger partial charge on any atom is -0.316 e. The lowest BCUT2D eigenvalue weighted by Gasteiger charge is -2.16. The molecule has 18 heavy (non-hydrogen) atoms. The van der Waals surface area contributed by atoms with Crippen molar-refractivity contribution in [3.8, 4) is 0 Å². The van der Waals surface area contributed by atoms with Crippen LogP contribution in [-0.2, 0) is 16.6 Å². The van der Waals surface area contributed by atoms with Crippen LogP contribution in [0.1, 0.15) is 18.1 Å². The highest BCUT2D eigenvalue weighted by Crippen LogP contribution is 2.21. The third kappa shape index (κ3) is 2.88. The van der Waals surface area contributed by atoms with Gasteiger partial charge >= 0.3 is 0 Å². The molecular weight excluding hydrogens is 255 g/mol. The Hall–Kier alpha value is -0.980. The lowest BCUT2D eigenvalue weighted by molar-refractivity contribution is 0.485. The fourth-order valence-electron chi connectivity index (χ4n) is 1.62. The Bertz CT molecular complexity index is 529. The van der Waals surface area contributed by atoms with Crippen LogP contribution < -0.4 is 5.32 Å². The van der Waals surface area contributed by atoms with E-state index in [4.69, 9.17) is 0 Å². The SMILES string of the molecule is CCN(C)S(=O)(=O)c1cc(C)c(F)c(CNC)c1. The summed E-state index contributed by atoms with van der Waals surface area (Å²) >= 11 is 0. The Morgan fingerprint density at radius 1 is 1.39 bits per heavy atom. The van der Waals surface area contributed by atoms with E-state index < -0.39 is 10.0 Å². The van der Waals surface area contributed by atoms with Crippen molar-refractivity contribution in [2.75, 3.05) is 20.6 Å². The van der Waals surface area contributed by atoms with E-state index >= 15 is 0 Å². The van der Waals surface area contributed by atoms with Crippen molar-refractivity contribution in [2.45, 2.75) is 25.3 Å². The summed E-state index contributed by atoms with van der Waals surface area (Å²) in [5.41, 5.74) is 0.700. The molecule has 0 unspecified atom stereocenters. The fraction of sp³-hybridized carbons (Fsp3) is 0.500. The fourth-order valence-corrected chi connectivity index (χ4v) is 2.94. The number of hydrogen-bond donors (Lipinski definition) is 1. The van der Waals surface area contributed by atoms with Crippen LogP contribution in [0.3, 0.4) is 0 Å². The van der Waals surface area contributed by atoms with Crippen LogP contribution in [0.2, 0.25) is 0 Å². The zero-order valence-electron chi connectivity index (χ0n) is 11.1. The van der Waals surface area contributed by atoms with Gasteiger partial charge in [0.1, 0.15) is 5.82 Å². The van der Waals surface area contributed by atoms with Crippen molar-refractivity contribution in [2.24, 2.45) is 0 Å². The molecule has 0 aromatic heterocycles. The Morgan fingerprint density at radius 2 is 2.00 bits per heavy atom. The molecule has 0 aliphatic heterocycles. The molecule has 1 rings (SSSR count). The van der Waals surface area contributed by atoms with Crippen LogP contribution >= 0.6 is 0 Å². The molecule has 0 bridgehead atoms. The summed E-state index contributed by atoms with van der Waals surface area (Å²) in [6.45, 7) is 3.99. The Labute approximate surface area is 108 Å². The number of benzene rings is 1. The summed E-state index contributed by atoms with van der Waals surface area (Å²) in [6.07, 6.45) is 0. The molecule has 1 aromatic carbocycles. The summed E-state index contributed by atoms with van der Waals surface area (Å²) in [6, 6.07) is 2.76. The smallest absolute Gasteiger partial charge is 0.242 e. The van der Waals surface area contributed by atoms with Gasteiger partial charge in [0.25, 0.3) is 0 Å². The second-order valence-electron chi connectivity index (χ2n) is 4.16. The van der Waals surface area contributed by atoms with E-state index in [0.717, 1.165) is 0 Å². The van der Waals surface area contributed by atoms with Crippen molar-refractivity contribution in [3.05, 3.63) is 29.1 Å². The predicted octanol–water partition coefficient (Wildman–Crippen LogP) is 1.49. The predicted molar refractivity (Wildman–Crippen MR) is 69.4 cm³/mol. The highest BCUT2D eigenvalue weighted by Gasteiger charge is 2.21. The Morgan fingerprint density at radius 3 is 2.50 bits per heavy atom. The molecule has 0 aliphatic carbocycles. The molecule has 0 spiro atoms. The topological polar surface area (TPSA) is 49.4 Å². The van der Waals surface area contributed by atoms with Crippen molar-refractivity contribution < 1.29 is 12.8 Å². The molecule has 0 heterocycles. The molecule has 0 radical (unpaired) electrons. The number of halogens is 1. The number of hydrogen-bond acceptors (Lipinski definition) is 3. The van der Waals surface area contributed by atoms with E-state index in [-0.39, 0.29) is 10.7 Å². The maximum Gasteiger partial charge on any atom is 0.242 e. The normalized spacial score (nSPS) is 12.1. The molecule has 0 saturated carbocycles. The molecule has 102 valence electrons. The molecule has 0 amide bonds. The average molecular weight is 274 g/mol. The standard InChI is InChI=1S/C12H19FN2O2S/c1-5-15(4)18(16,17)11-6-9(2)12(13)10(7-11)8-14-3/h6-7,14H,5,8H2,1-4H3. The van der Waals surface area contributed by atoms with E-state index in [0.29, 0.717) is 24.2 Å². The quantitative estimate of drug-likeness (QED) is 0.885. The van der Waals surface area contributed by atoms with Gasteiger partial charge in [0, 0.05) is 25.7 Å². The maximum atomic E-state index is 13.8. The van der Waals surface area contributed by atoms with E-state index in [1.54, 1.807) is 20.9 Å². The molecule has 0 saturated heterocycles. The summed E-state index contributed by atoms with van der Waals surface area (Å²) in [5, 5.41) is 2.83. The van der Waals surface area contributed by atoms with E-state index in [2.05, 4.69) is 5.32 Å². The highest BCUT2D eigenvalue weighted by atomic mass is 32.2. The number of nitrogens with zero attached hydrogens (tertiary/aromatic N) is 1. The first-order valence-corrected chi connectivity index (χ1v) is 7.18. The van der Waals surface area contributed by atoms with Gasteiger partial charge in [-0.15, -0.1) is 0 Å². The van der Waals surface area contributed by atoms with Gasteiger partial charge in [-0.2, -0.15) is 0 Å². The number of aryl methyl sites for hydroxylation is 1. The molecular formula is C12H19FN2O2S. The van der Waals surface area contributed by atoms with Gasteiger partial charge in [0.05, 0.1) is 4.90 Å². The van der Waals surface area contributed by atoms with Gasteiger partial charge in [0.15, 0.2) is 0 Å². The number of rotatable bonds is 5. The highest BCUT2D eigenvalue weighted by molar-refractivity contribution is 7.89. The van der Waals surface area contributed by atoms with Crippen molar-refractivity contribution in [1.82, 2.24) is 9.62 Å². The molecule has 4 nitrogen and oxygen atoms in total. The van der Waals surface area contributed by atoms with Crippen LogP contribution in [0.15, 0.2) is 17.0 Å². The van der Waals surface area contributed by atoms with Crippen LogP contribution in [0, 0.1) is 12.7 Å². The second-order valence-corrected chi connectivity index (χ2v) is 6.21. The molecule has 1 aromatic rings. The van der Waals surface area contributed by atoms with Gasteiger partial charge < -0.3 is 5.32 Å². The minimum absolute atomic E-state index is 0.135. The number of nitrogens with one attached hydrogen (secondary N) is 1. The van der Waals surface area contributed by atoms with Gasteiger partial charge in [-0.3, -0.25) is 0 Å². The third-order valence-corrected chi connectivity index (χ3v) is 4.73. The summed E-state index contributed by atoms with van der Waals surface area (Å²) in [7, 11) is -0.336. The first-order chi connectivity index (χ1) is 8.34. The van der Waals surface area contributed by atoms with Crippen LogP contribution in [0.5, 0.6) is 0 Å². The van der Waals surface area contributed by atoms with E-state index in [9.17, 15) is 12.8 Å². The Balaban J connectivity index is 3.35.